The number of hydrogen-bond donors (Lipinski definition) is 0. The molecule has 0 radical (unpaired) electrons. The quantitative estimate of drug-likeness (QED) is 0.378. The van der Waals surface area contributed by atoms with Gasteiger partial charge >= 0.3 is 0 Å². The van der Waals surface area contributed by atoms with Gasteiger partial charge in [-0.25, -0.2) is 0 Å². The standard InChI is InChI=1S/C16H36N2/c1-6-11-12-13-14-15-16(17(7-2)8-3)18(9-4)10-5/h16H,6-15H2,1-5H3. The summed E-state index contributed by atoms with van der Waals surface area (Å²) in [5.41, 5.74) is 0. The van der Waals surface area contributed by atoms with Crippen molar-refractivity contribution < 1.29 is 0 Å². The monoisotopic (exact) mass is 256 g/mol. The molecule has 0 saturated heterocycles. The molecule has 0 fully saturated rings. The molecule has 0 aromatic rings. The van der Waals surface area contributed by atoms with Crippen LogP contribution in [-0.2, 0) is 0 Å². The van der Waals surface area contributed by atoms with Crippen molar-refractivity contribution in [1.82, 2.24) is 9.80 Å². The third-order valence-electron chi connectivity index (χ3n) is 4.03. The Morgan fingerprint density at radius 1 is 0.611 bits per heavy atom. The second kappa shape index (κ2) is 12.0. The molecule has 110 valence electrons. The molecule has 0 aromatic heterocycles. The van der Waals surface area contributed by atoms with E-state index in [1.807, 2.05) is 0 Å². The van der Waals surface area contributed by atoms with E-state index in [0.29, 0.717) is 6.17 Å². The van der Waals surface area contributed by atoms with E-state index in [0.717, 1.165) is 0 Å². The SMILES string of the molecule is CCCCCCCC(N(CC)CC)N(CC)CC. The van der Waals surface area contributed by atoms with Crippen LogP contribution in [0.4, 0.5) is 0 Å². The lowest BCUT2D eigenvalue weighted by atomic mass is 10.1. The number of nitrogens with zero attached hydrogens (tertiary/aromatic N) is 2. The van der Waals surface area contributed by atoms with Crippen LogP contribution in [0.3, 0.4) is 0 Å². The molecule has 0 spiro atoms. The summed E-state index contributed by atoms with van der Waals surface area (Å²) in [5, 5.41) is 0. The van der Waals surface area contributed by atoms with E-state index in [2.05, 4.69) is 44.4 Å². The minimum absolute atomic E-state index is 0.664. The first-order valence-corrected chi connectivity index (χ1v) is 8.23. The zero-order valence-electron chi connectivity index (χ0n) is 13.5. The Kier molecular flexibility index (Phi) is 11.9. The van der Waals surface area contributed by atoms with Gasteiger partial charge in [0.15, 0.2) is 0 Å². The third-order valence-corrected chi connectivity index (χ3v) is 4.03. The fraction of sp³-hybridized carbons (Fsp3) is 1.00. The minimum Gasteiger partial charge on any atom is -0.288 e. The highest BCUT2D eigenvalue weighted by atomic mass is 15.3. The molecule has 0 aliphatic rings. The lowest BCUT2D eigenvalue weighted by Crippen LogP contribution is -2.48. The lowest BCUT2D eigenvalue weighted by molar-refractivity contribution is 0.0482. The summed E-state index contributed by atoms with van der Waals surface area (Å²) in [6.07, 6.45) is 8.96. The molecular formula is C16H36N2. The zero-order chi connectivity index (χ0) is 13.8. The van der Waals surface area contributed by atoms with E-state index in [4.69, 9.17) is 0 Å². The summed E-state index contributed by atoms with van der Waals surface area (Å²) in [5.74, 6) is 0. The first-order chi connectivity index (χ1) is 8.74. The Morgan fingerprint density at radius 3 is 1.44 bits per heavy atom. The average molecular weight is 256 g/mol. The second-order valence-electron chi connectivity index (χ2n) is 5.13. The van der Waals surface area contributed by atoms with Gasteiger partial charge in [0.2, 0.25) is 0 Å². The predicted octanol–water partition coefficient (Wildman–Crippen LogP) is 4.36. The Labute approximate surface area is 116 Å². The lowest BCUT2D eigenvalue weighted by Gasteiger charge is -2.38. The summed E-state index contributed by atoms with van der Waals surface area (Å²) in [6, 6.07) is 0. The molecule has 0 saturated carbocycles. The Morgan fingerprint density at radius 2 is 1.06 bits per heavy atom. The fourth-order valence-corrected chi connectivity index (χ4v) is 2.82. The third kappa shape index (κ3) is 6.75. The van der Waals surface area contributed by atoms with Gasteiger partial charge in [-0.1, -0.05) is 66.7 Å². The highest BCUT2D eigenvalue weighted by Gasteiger charge is 2.20. The Bertz CT molecular complexity index is 150. The highest BCUT2D eigenvalue weighted by molar-refractivity contribution is 4.71. The van der Waals surface area contributed by atoms with Gasteiger partial charge < -0.3 is 0 Å². The van der Waals surface area contributed by atoms with Gasteiger partial charge in [-0.2, -0.15) is 0 Å². The van der Waals surface area contributed by atoms with Gasteiger partial charge in [0.25, 0.3) is 0 Å². The van der Waals surface area contributed by atoms with Crippen LogP contribution in [0.1, 0.15) is 73.1 Å². The minimum atomic E-state index is 0.664. The largest absolute Gasteiger partial charge is 0.288 e. The molecule has 0 N–H and O–H groups in total. The normalized spacial score (nSPS) is 12.0. The first kappa shape index (κ1) is 17.9. The second-order valence-corrected chi connectivity index (χ2v) is 5.13. The predicted molar refractivity (Wildman–Crippen MR) is 83.0 cm³/mol. The van der Waals surface area contributed by atoms with Gasteiger partial charge in [-0.3, -0.25) is 9.80 Å². The van der Waals surface area contributed by atoms with Gasteiger partial charge in [0, 0.05) is 0 Å². The van der Waals surface area contributed by atoms with Crippen LogP contribution in [0.15, 0.2) is 0 Å². The van der Waals surface area contributed by atoms with Crippen LogP contribution in [0.25, 0.3) is 0 Å². The molecule has 0 rings (SSSR count). The molecule has 0 aliphatic carbocycles. The van der Waals surface area contributed by atoms with Crippen LogP contribution >= 0.6 is 0 Å². The van der Waals surface area contributed by atoms with Crippen molar-refractivity contribution >= 4 is 0 Å². The number of rotatable bonds is 12. The van der Waals surface area contributed by atoms with E-state index in [1.54, 1.807) is 0 Å². The summed E-state index contributed by atoms with van der Waals surface area (Å²) in [7, 11) is 0. The van der Waals surface area contributed by atoms with Crippen LogP contribution in [0, 0.1) is 0 Å². The van der Waals surface area contributed by atoms with Gasteiger partial charge in [0.1, 0.15) is 0 Å². The van der Waals surface area contributed by atoms with Crippen LogP contribution < -0.4 is 0 Å². The maximum absolute atomic E-state index is 2.62. The van der Waals surface area contributed by atoms with Gasteiger partial charge in [-0.15, -0.1) is 0 Å². The van der Waals surface area contributed by atoms with E-state index in [1.165, 1.54) is 64.7 Å². The maximum atomic E-state index is 2.62. The van der Waals surface area contributed by atoms with E-state index >= 15 is 0 Å². The molecule has 0 amide bonds. The Hall–Kier alpha value is -0.0800. The molecule has 0 bridgehead atoms. The van der Waals surface area contributed by atoms with Gasteiger partial charge in [0.05, 0.1) is 6.17 Å². The molecule has 0 aromatic carbocycles. The molecule has 0 heterocycles. The van der Waals surface area contributed by atoms with E-state index < -0.39 is 0 Å². The summed E-state index contributed by atoms with van der Waals surface area (Å²) in [6.45, 7) is 16.1. The van der Waals surface area contributed by atoms with E-state index in [9.17, 15) is 0 Å². The topological polar surface area (TPSA) is 6.48 Å². The van der Waals surface area contributed by atoms with E-state index in [-0.39, 0.29) is 0 Å². The highest BCUT2D eigenvalue weighted by Crippen LogP contribution is 2.15. The number of unbranched alkanes of at least 4 members (excludes halogenated alkanes) is 4. The van der Waals surface area contributed by atoms with Crippen molar-refractivity contribution in [3.05, 3.63) is 0 Å². The van der Waals surface area contributed by atoms with Crippen molar-refractivity contribution in [2.75, 3.05) is 26.2 Å². The van der Waals surface area contributed by atoms with Crippen molar-refractivity contribution in [2.45, 2.75) is 79.3 Å². The van der Waals surface area contributed by atoms with Crippen molar-refractivity contribution in [2.24, 2.45) is 0 Å². The molecule has 18 heavy (non-hydrogen) atoms. The molecule has 0 unspecified atom stereocenters. The fourth-order valence-electron chi connectivity index (χ4n) is 2.82. The smallest absolute Gasteiger partial charge is 0.0622 e. The molecular weight excluding hydrogens is 220 g/mol. The zero-order valence-corrected chi connectivity index (χ0v) is 13.5. The van der Waals surface area contributed by atoms with Gasteiger partial charge in [-0.05, 0) is 32.6 Å². The summed E-state index contributed by atoms with van der Waals surface area (Å²) >= 11 is 0. The molecule has 2 nitrogen and oxygen atoms in total. The average Bonchev–Trinajstić information content (AvgIpc) is 2.40. The Balaban J connectivity index is 4.19. The van der Waals surface area contributed by atoms with Crippen molar-refractivity contribution in [3.63, 3.8) is 0 Å². The van der Waals surface area contributed by atoms with Crippen LogP contribution in [-0.4, -0.2) is 42.1 Å². The molecule has 0 aliphatic heterocycles. The van der Waals surface area contributed by atoms with Crippen LogP contribution in [0.2, 0.25) is 0 Å². The summed E-state index contributed by atoms with van der Waals surface area (Å²) < 4.78 is 0. The van der Waals surface area contributed by atoms with Crippen molar-refractivity contribution in [1.29, 1.82) is 0 Å². The maximum Gasteiger partial charge on any atom is 0.0622 e. The first-order valence-electron chi connectivity index (χ1n) is 8.23. The number of hydrogen-bond acceptors (Lipinski definition) is 2. The van der Waals surface area contributed by atoms with Crippen molar-refractivity contribution in [3.8, 4) is 0 Å². The molecule has 2 heteroatoms. The summed E-state index contributed by atoms with van der Waals surface area (Å²) in [4.78, 5) is 5.24. The van der Waals surface area contributed by atoms with Crippen LogP contribution in [0.5, 0.6) is 0 Å². The molecule has 0 atom stereocenters.